The molecule has 1 unspecified atom stereocenters. The van der Waals surface area contributed by atoms with E-state index < -0.39 is 30.6 Å². The second-order valence-corrected chi connectivity index (χ2v) is 8.94. The quantitative estimate of drug-likeness (QED) is 0.542. The molecule has 2 amide bonds. The first kappa shape index (κ1) is 23.3. The number of aliphatic carboxylic acids is 1. The Morgan fingerprint density at radius 3 is 2.09 bits per heavy atom. The van der Waals surface area contributed by atoms with Gasteiger partial charge in [-0.15, -0.1) is 0 Å². The molecular weight excluding hydrogens is 412 g/mol. The van der Waals surface area contributed by atoms with Crippen molar-refractivity contribution in [3.8, 4) is 11.1 Å². The summed E-state index contributed by atoms with van der Waals surface area (Å²) in [5, 5.41) is 11.2. The molecule has 32 heavy (non-hydrogen) atoms. The SMILES string of the molecule is CC(C)(C)CC(NC(=O)OCC1c2ccccc2-c2ccccc21)C(=O)NOCC(=O)O. The molecule has 0 aromatic heterocycles. The van der Waals surface area contributed by atoms with Crippen LogP contribution in [0.5, 0.6) is 0 Å². The van der Waals surface area contributed by atoms with E-state index in [9.17, 15) is 14.4 Å². The van der Waals surface area contributed by atoms with Crippen LogP contribution in [-0.2, 0) is 19.2 Å². The van der Waals surface area contributed by atoms with Gasteiger partial charge in [-0.25, -0.2) is 15.1 Å². The summed E-state index contributed by atoms with van der Waals surface area (Å²) in [5.74, 6) is -1.96. The molecule has 2 aromatic carbocycles. The van der Waals surface area contributed by atoms with Gasteiger partial charge in [0.2, 0.25) is 0 Å². The highest BCUT2D eigenvalue weighted by molar-refractivity contribution is 5.85. The van der Waals surface area contributed by atoms with Crippen LogP contribution in [0.4, 0.5) is 4.79 Å². The Morgan fingerprint density at radius 1 is 1.00 bits per heavy atom. The molecule has 170 valence electrons. The smallest absolute Gasteiger partial charge is 0.407 e. The van der Waals surface area contributed by atoms with Crippen molar-refractivity contribution in [2.24, 2.45) is 5.41 Å². The highest BCUT2D eigenvalue weighted by Crippen LogP contribution is 2.44. The van der Waals surface area contributed by atoms with E-state index in [0.717, 1.165) is 22.3 Å². The number of rotatable bonds is 8. The summed E-state index contributed by atoms with van der Waals surface area (Å²) >= 11 is 0. The predicted octanol–water partition coefficient (Wildman–Crippen LogP) is 3.46. The number of carbonyl (C=O) groups excluding carboxylic acids is 2. The number of benzene rings is 2. The minimum Gasteiger partial charge on any atom is -0.479 e. The lowest BCUT2D eigenvalue weighted by molar-refractivity contribution is -0.150. The number of fused-ring (bicyclic) bond motifs is 3. The van der Waals surface area contributed by atoms with Crippen LogP contribution in [0.15, 0.2) is 48.5 Å². The van der Waals surface area contributed by atoms with Crippen LogP contribution in [0.2, 0.25) is 0 Å². The molecule has 0 fully saturated rings. The number of ether oxygens (including phenoxy) is 1. The van der Waals surface area contributed by atoms with Crippen LogP contribution in [0.3, 0.4) is 0 Å². The third-order valence-electron chi connectivity index (χ3n) is 5.14. The molecule has 0 spiro atoms. The number of hydrogen-bond donors (Lipinski definition) is 3. The molecule has 0 aliphatic heterocycles. The van der Waals surface area contributed by atoms with Crippen LogP contribution in [-0.4, -0.2) is 42.3 Å². The average molecular weight is 440 g/mol. The molecule has 0 saturated carbocycles. The van der Waals surface area contributed by atoms with Crippen molar-refractivity contribution >= 4 is 18.0 Å². The fraction of sp³-hybridized carbons (Fsp3) is 0.375. The van der Waals surface area contributed by atoms with E-state index >= 15 is 0 Å². The van der Waals surface area contributed by atoms with Gasteiger partial charge in [-0.1, -0.05) is 69.3 Å². The van der Waals surface area contributed by atoms with Gasteiger partial charge < -0.3 is 15.2 Å². The lowest BCUT2D eigenvalue weighted by atomic mass is 9.88. The second-order valence-electron chi connectivity index (χ2n) is 8.94. The first-order valence-corrected chi connectivity index (χ1v) is 10.4. The molecule has 1 atom stereocenters. The third kappa shape index (κ3) is 5.85. The van der Waals surface area contributed by atoms with E-state index in [4.69, 9.17) is 9.84 Å². The first-order valence-electron chi connectivity index (χ1n) is 10.4. The zero-order chi connectivity index (χ0) is 23.3. The maximum Gasteiger partial charge on any atom is 0.407 e. The Labute approximate surface area is 186 Å². The van der Waals surface area contributed by atoms with Crippen molar-refractivity contribution in [2.75, 3.05) is 13.2 Å². The van der Waals surface area contributed by atoms with E-state index in [2.05, 4.69) is 27.8 Å². The van der Waals surface area contributed by atoms with E-state index in [-0.39, 0.29) is 17.9 Å². The topological polar surface area (TPSA) is 114 Å². The Kier molecular flexibility index (Phi) is 7.15. The van der Waals surface area contributed by atoms with Crippen molar-refractivity contribution in [1.29, 1.82) is 0 Å². The molecule has 3 N–H and O–H groups in total. The van der Waals surface area contributed by atoms with Crippen molar-refractivity contribution in [2.45, 2.75) is 39.2 Å². The van der Waals surface area contributed by atoms with E-state index in [1.807, 2.05) is 57.2 Å². The van der Waals surface area contributed by atoms with Gasteiger partial charge >= 0.3 is 12.1 Å². The number of carbonyl (C=O) groups is 3. The number of carboxylic acids is 1. The fourth-order valence-electron chi connectivity index (χ4n) is 3.84. The van der Waals surface area contributed by atoms with Crippen LogP contribution < -0.4 is 10.8 Å². The molecule has 8 nitrogen and oxygen atoms in total. The molecule has 0 bridgehead atoms. The first-order chi connectivity index (χ1) is 15.2. The predicted molar refractivity (Wildman–Crippen MR) is 118 cm³/mol. The third-order valence-corrected chi connectivity index (χ3v) is 5.14. The zero-order valence-electron chi connectivity index (χ0n) is 18.4. The summed E-state index contributed by atoms with van der Waals surface area (Å²) in [4.78, 5) is 40.2. The van der Waals surface area contributed by atoms with Gasteiger partial charge in [-0.3, -0.25) is 9.63 Å². The number of alkyl carbamates (subject to hydrolysis) is 1. The van der Waals surface area contributed by atoms with Crippen molar-refractivity contribution in [1.82, 2.24) is 10.8 Å². The molecule has 1 aliphatic rings. The Hall–Kier alpha value is -3.39. The summed E-state index contributed by atoms with van der Waals surface area (Å²) in [6.07, 6.45) is -0.422. The molecule has 8 heteroatoms. The Bertz CT molecular complexity index is 952. The van der Waals surface area contributed by atoms with Gasteiger partial charge in [-0.05, 0) is 34.1 Å². The maximum atomic E-state index is 12.6. The van der Waals surface area contributed by atoms with E-state index in [1.165, 1.54) is 0 Å². The van der Waals surface area contributed by atoms with E-state index in [1.54, 1.807) is 0 Å². The summed E-state index contributed by atoms with van der Waals surface area (Å²) in [7, 11) is 0. The van der Waals surface area contributed by atoms with Gasteiger partial charge in [0, 0.05) is 5.92 Å². The monoisotopic (exact) mass is 440 g/mol. The Balaban J connectivity index is 1.65. The zero-order valence-corrected chi connectivity index (χ0v) is 18.4. The minimum absolute atomic E-state index is 0.0954. The average Bonchev–Trinajstić information content (AvgIpc) is 3.04. The largest absolute Gasteiger partial charge is 0.479 e. The van der Waals surface area contributed by atoms with Crippen LogP contribution in [0, 0.1) is 5.41 Å². The van der Waals surface area contributed by atoms with Gasteiger partial charge in [-0.2, -0.15) is 0 Å². The number of hydroxylamine groups is 1. The number of nitrogens with one attached hydrogen (secondary N) is 2. The lowest BCUT2D eigenvalue weighted by Gasteiger charge is -2.26. The van der Waals surface area contributed by atoms with Gasteiger partial charge in [0.25, 0.3) is 5.91 Å². The highest BCUT2D eigenvalue weighted by Gasteiger charge is 2.31. The molecule has 0 saturated heterocycles. The molecular formula is C24H28N2O6. The molecule has 3 rings (SSSR count). The van der Waals surface area contributed by atoms with Crippen LogP contribution in [0.1, 0.15) is 44.2 Å². The second kappa shape index (κ2) is 9.82. The van der Waals surface area contributed by atoms with Crippen LogP contribution >= 0.6 is 0 Å². The fourth-order valence-corrected chi connectivity index (χ4v) is 3.84. The summed E-state index contributed by atoms with van der Waals surface area (Å²) < 4.78 is 5.51. The molecule has 0 heterocycles. The van der Waals surface area contributed by atoms with Crippen molar-refractivity contribution in [3.05, 3.63) is 59.7 Å². The number of amides is 2. The standard InChI is InChI=1S/C24H28N2O6/c1-24(2,3)12-20(22(29)26-32-14-21(27)28)25-23(30)31-13-19-17-10-6-4-8-15(17)16-9-5-7-11-18(16)19/h4-11,19-20H,12-14H2,1-3H3,(H,25,30)(H,26,29)(H,27,28). The summed E-state index contributed by atoms with van der Waals surface area (Å²) in [6.45, 7) is 5.21. The van der Waals surface area contributed by atoms with Crippen LogP contribution in [0.25, 0.3) is 11.1 Å². The Morgan fingerprint density at radius 2 is 1.56 bits per heavy atom. The van der Waals surface area contributed by atoms with Crippen molar-refractivity contribution in [3.63, 3.8) is 0 Å². The normalized spacial score (nSPS) is 13.6. The lowest BCUT2D eigenvalue weighted by Crippen LogP contribution is -2.49. The number of carboxylic acid groups (broad SMARTS) is 1. The summed E-state index contributed by atoms with van der Waals surface area (Å²) in [5.41, 5.74) is 6.22. The number of hydrogen-bond acceptors (Lipinski definition) is 5. The van der Waals surface area contributed by atoms with Crippen molar-refractivity contribution < 1.29 is 29.1 Å². The minimum atomic E-state index is -1.22. The maximum absolute atomic E-state index is 12.6. The van der Waals surface area contributed by atoms with E-state index in [0.29, 0.717) is 6.42 Å². The summed E-state index contributed by atoms with van der Waals surface area (Å²) in [6, 6.07) is 15.1. The molecule has 0 radical (unpaired) electrons. The van der Waals surface area contributed by atoms with Gasteiger partial charge in [0.1, 0.15) is 12.6 Å². The molecule has 2 aromatic rings. The van der Waals surface area contributed by atoms with Gasteiger partial charge in [0.05, 0.1) is 0 Å². The highest BCUT2D eigenvalue weighted by atomic mass is 16.7. The molecule has 1 aliphatic carbocycles. The van der Waals surface area contributed by atoms with Gasteiger partial charge in [0.15, 0.2) is 6.61 Å².